The molecule has 2 atom stereocenters. The Morgan fingerprint density at radius 2 is 1.83 bits per heavy atom. The fourth-order valence-electron chi connectivity index (χ4n) is 2.06. The van der Waals surface area contributed by atoms with E-state index in [0.717, 1.165) is 12.2 Å². The summed E-state index contributed by atoms with van der Waals surface area (Å²) in [5, 5.41) is 0. The Hall–Kier alpha value is -0.860. The molecule has 2 nitrogen and oxygen atoms in total. The van der Waals surface area contributed by atoms with Crippen molar-refractivity contribution in [2.24, 2.45) is 11.7 Å². The first-order chi connectivity index (χ1) is 8.77. The molecule has 1 rings (SSSR count). The maximum atomic E-state index is 6.10. The summed E-state index contributed by atoms with van der Waals surface area (Å²) in [5.74, 6) is 0.688. The van der Waals surface area contributed by atoms with E-state index in [4.69, 9.17) is 10.5 Å². The minimum Gasteiger partial charge on any atom is -0.379 e. The number of ether oxygens (including phenoxy) is 1. The standard InChI is InChI=1S/C16H27NO/c1-3-5-9-14(4-2)12-18-13-16(17)15-10-7-6-8-11-15/h6-8,10-11,14,16H,3-5,9,12-13,17H2,1-2H3. The van der Waals surface area contributed by atoms with Crippen molar-refractivity contribution in [2.45, 2.75) is 45.6 Å². The van der Waals surface area contributed by atoms with Crippen LogP contribution in [0.5, 0.6) is 0 Å². The number of hydrogen-bond acceptors (Lipinski definition) is 2. The van der Waals surface area contributed by atoms with Gasteiger partial charge in [0.1, 0.15) is 0 Å². The van der Waals surface area contributed by atoms with Gasteiger partial charge in [0, 0.05) is 6.61 Å². The average Bonchev–Trinajstić information content (AvgIpc) is 2.43. The molecule has 2 unspecified atom stereocenters. The second-order valence-corrected chi connectivity index (χ2v) is 4.97. The first-order valence-electron chi connectivity index (χ1n) is 7.16. The van der Waals surface area contributed by atoms with Gasteiger partial charge in [-0.3, -0.25) is 0 Å². The van der Waals surface area contributed by atoms with Crippen LogP contribution in [0.25, 0.3) is 0 Å². The molecule has 0 saturated heterocycles. The zero-order valence-electron chi connectivity index (χ0n) is 11.8. The fraction of sp³-hybridized carbons (Fsp3) is 0.625. The molecule has 2 N–H and O–H groups in total. The lowest BCUT2D eigenvalue weighted by atomic mass is 10.0. The normalized spacial score (nSPS) is 14.4. The largest absolute Gasteiger partial charge is 0.379 e. The Morgan fingerprint density at radius 3 is 2.44 bits per heavy atom. The Morgan fingerprint density at radius 1 is 1.11 bits per heavy atom. The second kappa shape index (κ2) is 9.12. The summed E-state index contributed by atoms with van der Waals surface area (Å²) in [5.41, 5.74) is 7.25. The summed E-state index contributed by atoms with van der Waals surface area (Å²) < 4.78 is 5.77. The van der Waals surface area contributed by atoms with Gasteiger partial charge in [-0.05, 0) is 17.9 Å². The van der Waals surface area contributed by atoms with Crippen LogP contribution in [0.4, 0.5) is 0 Å². The van der Waals surface area contributed by atoms with Gasteiger partial charge in [-0.2, -0.15) is 0 Å². The van der Waals surface area contributed by atoms with Crippen molar-refractivity contribution >= 4 is 0 Å². The Bertz CT molecular complexity index is 299. The van der Waals surface area contributed by atoms with Crippen LogP contribution in [-0.2, 0) is 4.74 Å². The van der Waals surface area contributed by atoms with Gasteiger partial charge in [-0.1, -0.05) is 63.4 Å². The molecule has 0 aliphatic rings. The van der Waals surface area contributed by atoms with Gasteiger partial charge in [-0.25, -0.2) is 0 Å². The van der Waals surface area contributed by atoms with Crippen molar-refractivity contribution in [3.63, 3.8) is 0 Å². The van der Waals surface area contributed by atoms with E-state index < -0.39 is 0 Å². The predicted molar refractivity (Wildman–Crippen MR) is 77.5 cm³/mol. The molecule has 0 aromatic heterocycles. The van der Waals surface area contributed by atoms with Crippen LogP contribution < -0.4 is 5.73 Å². The highest BCUT2D eigenvalue weighted by Crippen LogP contribution is 2.15. The molecule has 0 aliphatic carbocycles. The van der Waals surface area contributed by atoms with E-state index in [1.54, 1.807) is 0 Å². The summed E-state index contributed by atoms with van der Waals surface area (Å²) in [4.78, 5) is 0. The first kappa shape index (κ1) is 15.2. The van der Waals surface area contributed by atoms with E-state index in [2.05, 4.69) is 26.0 Å². The van der Waals surface area contributed by atoms with E-state index >= 15 is 0 Å². The van der Waals surface area contributed by atoms with Crippen molar-refractivity contribution < 1.29 is 4.74 Å². The molecule has 0 amide bonds. The Balaban J connectivity index is 2.24. The topological polar surface area (TPSA) is 35.2 Å². The van der Waals surface area contributed by atoms with Crippen molar-refractivity contribution in [1.29, 1.82) is 0 Å². The number of hydrogen-bond donors (Lipinski definition) is 1. The summed E-state index contributed by atoms with van der Waals surface area (Å²) in [6.45, 7) is 5.93. The van der Waals surface area contributed by atoms with Crippen molar-refractivity contribution in [2.75, 3.05) is 13.2 Å². The lowest BCUT2D eigenvalue weighted by molar-refractivity contribution is 0.0838. The van der Waals surface area contributed by atoms with Gasteiger partial charge >= 0.3 is 0 Å². The average molecular weight is 249 g/mol. The van der Waals surface area contributed by atoms with Crippen LogP contribution in [0, 0.1) is 5.92 Å². The molecule has 102 valence electrons. The van der Waals surface area contributed by atoms with Crippen molar-refractivity contribution in [3.8, 4) is 0 Å². The summed E-state index contributed by atoms with van der Waals surface area (Å²) in [7, 11) is 0. The molecular formula is C16H27NO. The van der Waals surface area contributed by atoms with E-state index in [1.807, 2.05) is 18.2 Å². The van der Waals surface area contributed by atoms with E-state index in [1.165, 1.54) is 25.7 Å². The molecule has 0 saturated carbocycles. The van der Waals surface area contributed by atoms with E-state index in [9.17, 15) is 0 Å². The third kappa shape index (κ3) is 5.65. The zero-order valence-corrected chi connectivity index (χ0v) is 11.8. The van der Waals surface area contributed by atoms with Crippen LogP contribution in [0.3, 0.4) is 0 Å². The highest BCUT2D eigenvalue weighted by Gasteiger charge is 2.09. The molecule has 1 aromatic rings. The monoisotopic (exact) mass is 249 g/mol. The number of nitrogens with two attached hydrogens (primary N) is 1. The SMILES string of the molecule is CCCCC(CC)COCC(N)c1ccccc1. The lowest BCUT2D eigenvalue weighted by Crippen LogP contribution is -2.19. The Labute approximate surface area is 112 Å². The van der Waals surface area contributed by atoms with Gasteiger partial charge in [0.15, 0.2) is 0 Å². The number of unbranched alkanes of at least 4 members (excludes halogenated alkanes) is 1. The molecule has 18 heavy (non-hydrogen) atoms. The molecule has 0 spiro atoms. The molecule has 1 aromatic carbocycles. The van der Waals surface area contributed by atoms with Crippen LogP contribution in [0.2, 0.25) is 0 Å². The highest BCUT2D eigenvalue weighted by atomic mass is 16.5. The second-order valence-electron chi connectivity index (χ2n) is 4.97. The van der Waals surface area contributed by atoms with Crippen LogP contribution >= 0.6 is 0 Å². The van der Waals surface area contributed by atoms with Gasteiger partial charge < -0.3 is 10.5 Å². The van der Waals surface area contributed by atoms with Crippen molar-refractivity contribution in [1.82, 2.24) is 0 Å². The van der Waals surface area contributed by atoms with Crippen LogP contribution in [0.1, 0.15) is 51.1 Å². The minimum atomic E-state index is -0.00474. The van der Waals surface area contributed by atoms with E-state index in [0.29, 0.717) is 12.5 Å². The lowest BCUT2D eigenvalue weighted by Gasteiger charge is -2.17. The first-order valence-corrected chi connectivity index (χ1v) is 7.16. The van der Waals surface area contributed by atoms with Gasteiger partial charge in [0.25, 0.3) is 0 Å². The van der Waals surface area contributed by atoms with Gasteiger partial charge in [-0.15, -0.1) is 0 Å². The Kier molecular flexibility index (Phi) is 7.70. The predicted octanol–water partition coefficient (Wildman–Crippen LogP) is 3.92. The molecule has 0 bridgehead atoms. The summed E-state index contributed by atoms with van der Waals surface area (Å²) in [6, 6.07) is 10.2. The highest BCUT2D eigenvalue weighted by molar-refractivity contribution is 5.18. The molecule has 2 heteroatoms. The maximum absolute atomic E-state index is 6.10. The molecule has 0 radical (unpaired) electrons. The molecule has 0 fully saturated rings. The maximum Gasteiger partial charge on any atom is 0.0659 e. The van der Waals surface area contributed by atoms with E-state index in [-0.39, 0.29) is 6.04 Å². The summed E-state index contributed by atoms with van der Waals surface area (Å²) in [6.07, 6.45) is 5.03. The smallest absolute Gasteiger partial charge is 0.0659 e. The minimum absolute atomic E-state index is 0.00474. The number of benzene rings is 1. The molecular weight excluding hydrogens is 222 g/mol. The zero-order chi connectivity index (χ0) is 13.2. The van der Waals surface area contributed by atoms with Crippen LogP contribution in [-0.4, -0.2) is 13.2 Å². The molecule has 0 heterocycles. The van der Waals surface area contributed by atoms with Crippen LogP contribution in [0.15, 0.2) is 30.3 Å². The third-order valence-corrected chi connectivity index (χ3v) is 3.42. The number of rotatable bonds is 9. The third-order valence-electron chi connectivity index (χ3n) is 3.42. The quantitative estimate of drug-likeness (QED) is 0.720. The summed E-state index contributed by atoms with van der Waals surface area (Å²) >= 11 is 0. The fourth-order valence-corrected chi connectivity index (χ4v) is 2.06. The van der Waals surface area contributed by atoms with Gasteiger partial charge in [0.05, 0.1) is 12.6 Å². The molecule has 0 aliphatic heterocycles. The van der Waals surface area contributed by atoms with Crippen molar-refractivity contribution in [3.05, 3.63) is 35.9 Å². The van der Waals surface area contributed by atoms with Gasteiger partial charge in [0.2, 0.25) is 0 Å².